The molecule has 2 N–H and O–H groups in total. The number of hydrogen-bond donors (Lipinski definition) is 2. The Morgan fingerprint density at radius 1 is 0.958 bits per heavy atom. The molecule has 0 saturated heterocycles. The van der Waals surface area contributed by atoms with Crippen LogP contribution in [0.5, 0.6) is 0 Å². The summed E-state index contributed by atoms with van der Waals surface area (Å²) in [5.41, 5.74) is 5.26. The zero-order chi connectivity index (χ0) is 17.7. The molecule has 0 aliphatic rings. The van der Waals surface area contributed by atoms with Gasteiger partial charge in [0.05, 0.1) is 11.3 Å². The van der Waals surface area contributed by atoms with Gasteiger partial charge in [-0.1, -0.05) is 12.1 Å². The van der Waals surface area contributed by atoms with E-state index in [1.165, 1.54) is 48.5 Å². The molecule has 0 bridgehead atoms. The van der Waals surface area contributed by atoms with Crippen molar-refractivity contribution < 1.29 is 22.4 Å². The maximum absolute atomic E-state index is 12.8. The standard InChI is InChI=1S/C16H15FN2O4S/c1-24(22,23)14-8-4-12(5-9-14)16(21)19-18-15(20)10-11-2-6-13(17)7-3-11/h2-9H,10H2,1H3,(H,18,20)(H,19,21). The van der Waals surface area contributed by atoms with E-state index in [2.05, 4.69) is 10.9 Å². The van der Waals surface area contributed by atoms with Gasteiger partial charge in [0.15, 0.2) is 9.84 Å². The van der Waals surface area contributed by atoms with Crippen LogP contribution in [0, 0.1) is 5.82 Å². The summed E-state index contributed by atoms with van der Waals surface area (Å²) in [6.45, 7) is 0. The predicted octanol–water partition coefficient (Wildman–Crippen LogP) is 1.23. The Hall–Kier alpha value is -2.74. The highest BCUT2D eigenvalue weighted by Crippen LogP contribution is 2.10. The normalized spacial score (nSPS) is 10.9. The van der Waals surface area contributed by atoms with Gasteiger partial charge in [0.25, 0.3) is 5.91 Å². The summed E-state index contributed by atoms with van der Waals surface area (Å²) in [4.78, 5) is 23.7. The zero-order valence-corrected chi connectivity index (χ0v) is 13.6. The number of sulfone groups is 1. The van der Waals surface area contributed by atoms with Gasteiger partial charge < -0.3 is 0 Å². The van der Waals surface area contributed by atoms with E-state index in [0.29, 0.717) is 5.56 Å². The van der Waals surface area contributed by atoms with Crippen LogP contribution in [0.4, 0.5) is 4.39 Å². The van der Waals surface area contributed by atoms with Crippen molar-refractivity contribution in [3.05, 3.63) is 65.5 Å². The molecule has 0 fully saturated rings. The van der Waals surface area contributed by atoms with E-state index < -0.39 is 27.5 Å². The highest BCUT2D eigenvalue weighted by Gasteiger charge is 2.11. The molecule has 0 radical (unpaired) electrons. The first kappa shape index (κ1) is 17.6. The van der Waals surface area contributed by atoms with Crippen LogP contribution in [0.3, 0.4) is 0 Å². The van der Waals surface area contributed by atoms with Crippen molar-refractivity contribution in [2.45, 2.75) is 11.3 Å². The molecular formula is C16H15FN2O4S. The number of benzene rings is 2. The lowest BCUT2D eigenvalue weighted by Gasteiger charge is -2.08. The number of hydrogen-bond acceptors (Lipinski definition) is 4. The molecule has 6 nitrogen and oxygen atoms in total. The Balaban J connectivity index is 1.90. The van der Waals surface area contributed by atoms with Crippen LogP contribution in [0.25, 0.3) is 0 Å². The van der Waals surface area contributed by atoms with Crippen molar-refractivity contribution in [3.8, 4) is 0 Å². The summed E-state index contributed by atoms with van der Waals surface area (Å²) >= 11 is 0. The number of halogens is 1. The van der Waals surface area contributed by atoms with Crippen LogP contribution in [0.2, 0.25) is 0 Å². The Morgan fingerprint density at radius 3 is 2.08 bits per heavy atom. The van der Waals surface area contributed by atoms with E-state index in [0.717, 1.165) is 6.26 Å². The molecule has 0 saturated carbocycles. The molecule has 2 amide bonds. The molecule has 2 aromatic carbocycles. The minimum Gasteiger partial charge on any atom is -0.273 e. The van der Waals surface area contributed by atoms with Gasteiger partial charge in [-0.05, 0) is 42.0 Å². The van der Waals surface area contributed by atoms with Crippen LogP contribution < -0.4 is 10.9 Å². The van der Waals surface area contributed by atoms with Gasteiger partial charge in [0.1, 0.15) is 5.82 Å². The first-order valence-corrected chi connectivity index (χ1v) is 8.78. The number of hydrazine groups is 1. The van der Waals surface area contributed by atoms with E-state index in [4.69, 9.17) is 0 Å². The van der Waals surface area contributed by atoms with E-state index in [-0.39, 0.29) is 16.9 Å². The lowest BCUT2D eigenvalue weighted by atomic mass is 10.1. The highest BCUT2D eigenvalue weighted by molar-refractivity contribution is 7.90. The van der Waals surface area contributed by atoms with Gasteiger partial charge in [-0.15, -0.1) is 0 Å². The fourth-order valence-electron chi connectivity index (χ4n) is 1.88. The molecule has 0 aliphatic heterocycles. The SMILES string of the molecule is CS(=O)(=O)c1ccc(C(=O)NNC(=O)Cc2ccc(F)cc2)cc1. The molecule has 24 heavy (non-hydrogen) atoms. The van der Waals surface area contributed by atoms with Crippen LogP contribution in [-0.4, -0.2) is 26.5 Å². The van der Waals surface area contributed by atoms with Gasteiger partial charge in [0.2, 0.25) is 5.91 Å². The number of carbonyl (C=O) groups is 2. The van der Waals surface area contributed by atoms with Crippen LogP contribution in [-0.2, 0) is 21.1 Å². The van der Waals surface area contributed by atoms with Crippen LogP contribution in [0.15, 0.2) is 53.4 Å². The largest absolute Gasteiger partial charge is 0.273 e. The Morgan fingerprint density at radius 2 is 1.54 bits per heavy atom. The lowest BCUT2D eigenvalue weighted by molar-refractivity contribution is -0.121. The second-order valence-electron chi connectivity index (χ2n) is 5.10. The van der Waals surface area contributed by atoms with Gasteiger partial charge in [-0.3, -0.25) is 20.4 Å². The molecule has 0 unspecified atom stereocenters. The molecule has 0 aliphatic carbocycles. The third-order valence-electron chi connectivity index (χ3n) is 3.14. The first-order valence-electron chi connectivity index (χ1n) is 6.89. The van der Waals surface area contributed by atoms with E-state index in [9.17, 15) is 22.4 Å². The number of carbonyl (C=O) groups excluding carboxylic acids is 2. The summed E-state index contributed by atoms with van der Waals surface area (Å²) in [5, 5.41) is 0. The first-order chi connectivity index (χ1) is 11.3. The Kier molecular flexibility index (Phi) is 5.30. The summed E-state index contributed by atoms with van der Waals surface area (Å²) in [6, 6.07) is 10.7. The predicted molar refractivity (Wildman–Crippen MR) is 85.3 cm³/mol. The van der Waals surface area contributed by atoms with Crippen molar-refractivity contribution in [2.24, 2.45) is 0 Å². The Bertz CT molecular complexity index is 847. The molecule has 0 aromatic heterocycles. The van der Waals surface area contributed by atoms with Crippen molar-refractivity contribution in [2.75, 3.05) is 6.26 Å². The number of rotatable bonds is 4. The zero-order valence-electron chi connectivity index (χ0n) is 12.7. The topological polar surface area (TPSA) is 92.3 Å². The molecule has 0 atom stereocenters. The Labute approximate surface area is 138 Å². The minimum atomic E-state index is -3.34. The fourth-order valence-corrected chi connectivity index (χ4v) is 2.51. The fraction of sp³-hybridized carbons (Fsp3) is 0.125. The van der Waals surface area contributed by atoms with Crippen LogP contribution in [0.1, 0.15) is 15.9 Å². The molecule has 0 heterocycles. The molecular weight excluding hydrogens is 335 g/mol. The van der Waals surface area contributed by atoms with E-state index >= 15 is 0 Å². The highest BCUT2D eigenvalue weighted by atomic mass is 32.2. The lowest BCUT2D eigenvalue weighted by Crippen LogP contribution is -2.42. The molecule has 2 rings (SSSR count). The van der Waals surface area contributed by atoms with Gasteiger partial charge >= 0.3 is 0 Å². The molecule has 126 valence electrons. The maximum atomic E-state index is 12.8. The number of nitrogens with one attached hydrogen (secondary N) is 2. The third-order valence-corrected chi connectivity index (χ3v) is 4.27. The van der Waals surface area contributed by atoms with Crippen LogP contribution >= 0.6 is 0 Å². The minimum absolute atomic E-state index is 0.0203. The second-order valence-corrected chi connectivity index (χ2v) is 7.12. The van der Waals surface area contributed by atoms with Crippen molar-refractivity contribution in [3.63, 3.8) is 0 Å². The average Bonchev–Trinajstić information content (AvgIpc) is 2.54. The molecule has 0 spiro atoms. The van der Waals surface area contributed by atoms with Gasteiger partial charge in [0, 0.05) is 11.8 Å². The quantitative estimate of drug-likeness (QED) is 0.812. The average molecular weight is 350 g/mol. The summed E-state index contributed by atoms with van der Waals surface area (Å²) in [5.74, 6) is -1.45. The number of amides is 2. The summed E-state index contributed by atoms with van der Waals surface area (Å²) in [6.07, 6.45) is 1.05. The summed E-state index contributed by atoms with van der Waals surface area (Å²) in [7, 11) is -3.34. The maximum Gasteiger partial charge on any atom is 0.269 e. The molecule has 8 heteroatoms. The van der Waals surface area contributed by atoms with Crippen molar-refractivity contribution in [1.29, 1.82) is 0 Å². The van der Waals surface area contributed by atoms with Gasteiger partial charge in [-0.25, -0.2) is 12.8 Å². The smallest absolute Gasteiger partial charge is 0.269 e. The molecule has 2 aromatic rings. The monoisotopic (exact) mass is 350 g/mol. The summed E-state index contributed by atoms with van der Waals surface area (Å²) < 4.78 is 35.5. The van der Waals surface area contributed by atoms with Crippen molar-refractivity contribution >= 4 is 21.7 Å². The van der Waals surface area contributed by atoms with Crippen molar-refractivity contribution in [1.82, 2.24) is 10.9 Å². The third kappa shape index (κ3) is 4.88. The van der Waals surface area contributed by atoms with Gasteiger partial charge in [-0.2, -0.15) is 0 Å². The van der Waals surface area contributed by atoms with E-state index in [1.807, 2.05) is 0 Å². The van der Waals surface area contributed by atoms with E-state index in [1.54, 1.807) is 0 Å². The second kappa shape index (κ2) is 7.22.